The average molecular weight is 356 g/mol. The normalized spacial score (nSPS) is 11.8. The molecule has 2 aromatic carbocycles. The number of anilines is 1. The maximum absolute atomic E-state index is 13.0. The molecule has 6 nitrogen and oxygen atoms in total. The topological polar surface area (TPSA) is 78.9 Å². The van der Waals surface area contributed by atoms with Gasteiger partial charge >= 0.3 is 5.97 Å². The number of hydrogen-bond acceptors (Lipinski definition) is 4. The maximum atomic E-state index is 13.0. The zero-order valence-corrected chi connectivity index (χ0v) is 15.0. The fourth-order valence-electron chi connectivity index (χ4n) is 2.81. The quantitative estimate of drug-likeness (QED) is 0.721. The molecule has 1 amide bonds. The number of carbonyl (C=O) groups is 2. The molecule has 0 bridgehead atoms. The Hall–Kier alpha value is -2.86. The van der Waals surface area contributed by atoms with Gasteiger partial charge in [-0.15, -0.1) is 0 Å². The van der Waals surface area contributed by atoms with Gasteiger partial charge in [-0.2, -0.15) is 0 Å². The Morgan fingerprint density at radius 2 is 1.77 bits per heavy atom. The molecule has 0 aliphatic heterocycles. The summed E-state index contributed by atoms with van der Waals surface area (Å²) in [7, 11) is 1.58. The molecule has 0 heterocycles. The van der Waals surface area contributed by atoms with E-state index in [4.69, 9.17) is 4.74 Å². The van der Waals surface area contributed by atoms with Crippen LogP contribution in [-0.4, -0.2) is 42.1 Å². The first-order chi connectivity index (χ1) is 12.5. The van der Waals surface area contributed by atoms with Crippen molar-refractivity contribution in [3.63, 3.8) is 0 Å². The molecular formula is C20H24N2O4. The number of carbonyl (C=O) groups excluding carboxylic acids is 1. The minimum atomic E-state index is -0.961. The molecule has 0 fully saturated rings. The molecule has 0 spiro atoms. The number of aliphatic carboxylic acids is 1. The Bertz CT molecular complexity index is 716. The third-order valence-electron chi connectivity index (χ3n) is 3.94. The molecular weight excluding hydrogens is 332 g/mol. The van der Waals surface area contributed by atoms with E-state index in [9.17, 15) is 14.7 Å². The molecule has 138 valence electrons. The molecule has 2 rings (SSSR count). The number of amides is 1. The third-order valence-corrected chi connectivity index (χ3v) is 3.94. The summed E-state index contributed by atoms with van der Waals surface area (Å²) in [6.45, 7) is 2.25. The van der Waals surface area contributed by atoms with E-state index in [-0.39, 0.29) is 12.5 Å². The molecule has 2 N–H and O–H groups in total. The number of rotatable bonds is 9. The Kier molecular flexibility index (Phi) is 7.17. The summed E-state index contributed by atoms with van der Waals surface area (Å²) in [4.78, 5) is 25.9. The highest BCUT2D eigenvalue weighted by Gasteiger charge is 2.28. The molecule has 1 unspecified atom stereocenters. The summed E-state index contributed by atoms with van der Waals surface area (Å²) in [6, 6.07) is 15.5. The Morgan fingerprint density at radius 3 is 2.31 bits per heavy atom. The van der Waals surface area contributed by atoms with E-state index in [1.807, 2.05) is 37.3 Å². The van der Waals surface area contributed by atoms with Crippen LogP contribution in [0.15, 0.2) is 54.6 Å². The number of benzene rings is 2. The van der Waals surface area contributed by atoms with Crippen LogP contribution >= 0.6 is 0 Å². The van der Waals surface area contributed by atoms with Gasteiger partial charge in [0.25, 0.3) is 0 Å². The lowest BCUT2D eigenvalue weighted by atomic mass is 10.0. The Morgan fingerprint density at radius 1 is 1.12 bits per heavy atom. The van der Waals surface area contributed by atoms with Crippen molar-refractivity contribution >= 4 is 17.6 Å². The molecule has 0 saturated heterocycles. The molecule has 6 heteroatoms. The first-order valence-electron chi connectivity index (χ1n) is 8.50. The predicted molar refractivity (Wildman–Crippen MR) is 100 cm³/mol. The van der Waals surface area contributed by atoms with Crippen molar-refractivity contribution in [1.82, 2.24) is 4.90 Å². The largest absolute Gasteiger partial charge is 0.497 e. The molecule has 26 heavy (non-hydrogen) atoms. The maximum Gasteiger partial charge on any atom is 0.317 e. The van der Waals surface area contributed by atoms with Gasteiger partial charge in [-0.05, 0) is 42.8 Å². The zero-order valence-electron chi connectivity index (χ0n) is 15.0. The van der Waals surface area contributed by atoms with Crippen LogP contribution in [0.4, 0.5) is 5.69 Å². The van der Waals surface area contributed by atoms with E-state index < -0.39 is 12.0 Å². The van der Waals surface area contributed by atoms with Crippen LogP contribution < -0.4 is 10.1 Å². The Labute approximate surface area is 153 Å². The molecule has 0 aromatic heterocycles. The van der Waals surface area contributed by atoms with Crippen molar-refractivity contribution in [1.29, 1.82) is 0 Å². The highest BCUT2D eigenvalue weighted by atomic mass is 16.5. The lowest BCUT2D eigenvalue weighted by molar-refractivity contribution is -0.139. The molecule has 0 radical (unpaired) electrons. The number of ether oxygens (including phenoxy) is 1. The number of carboxylic acid groups (broad SMARTS) is 1. The van der Waals surface area contributed by atoms with Crippen LogP contribution in [0.5, 0.6) is 5.75 Å². The highest BCUT2D eigenvalue weighted by Crippen LogP contribution is 2.24. The van der Waals surface area contributed by atoms with Crippen LogP contribution in [0.3, 0.4) is 0 Å². The van der Waals surface area contributed by atoms with Crippen molar-refractivity contribution in [3.05, 3.63) is 60.2 Å². The smallest absolute Gasteiger partial charge is 0.317 e. The molecule has 0 aliphatic rings. The fourth-order valence-corrected chi connectivity index (χ4v) is 2.81. The zero-order chi connectivity index (χ0) is 18.9. The van der Waals surface area contributed by atoms with Crippen LogP contribution in [0.2, 0.25) is 0 Å². The third kappa shape index (κ3) is 5.32. The first kappa shape index (κ1) is 19.5. The van der Waals surface area contributed by atoms with Crippen molar-refractivity contribution in [3.8, 4) is 5.75 Å². The predicted octanol–water partition coefficient (Wildman–Crippen LogP) is 3.17. The number of hydrogen-bond donors (Lipinski definition) is 2. The number of nitrogens with zero attached hydrogens (tertiary/aromatic N) is 1. The van der Waals surface area contributed by atoms with E-state index >= 15 is 0 Å². The average Bonchev–Trinajstić information content (AvgIpc) is 2.63. The summed E-state index contributed by atoms with van der Waals surface area (Å²) in [5, 5.41) is 12.1. The minimum Gasteiger partial charge on any atom is -0.497 e. The second-order valence-corrected chi connectivity index (χ2v) is 5.90. The van der Waals surface area contributed by atoms with Crippen molar-refractivity contribution in [2.75, 3.05) is 25.5 Å². The number of carboxylic acids is 1. The number of nitrogens with one attached hydrogen (secondary N) is 1. The summed E-state index contributed by atoms with van der Waals surface area (Å²) in [6.07, 6.45) is 0.742. The van der Waals surface area contributed by atoms with Crippen LogP contribution in [0, 0.1) is 0 Å². The SMILES string of the molecule is CCCN(CC(=O)O)C(C(=O)Nc1ccc(OC)cc1)c1ccccc1. The molecule has 0 aliphatic carbocycles. The van der Waals surface area contributed by atoms with Gasteiger partial charge in [0.2, 0.25) is 5.91 Å². The van der Waals surface area contributed by atoms with Crippen LogP contribution in [0.25, 0.3) is 0 Å². The van der Waals surface area contributed by atoms with Gasteiger partial charge in [-0.1, -0.05) is 37.3 Å². The lowest BCUT2D eigenvalue weighted by Crippen LogP contribution is -2.40. The minimum absolute atomic E-state index is 0.205. The van der Waals surface area contributed by atoms with E-state index in [1.54, 1.807) is 36.3 Å². The van der Waals surface area contributed by atoms with Gasteiger partial charge in [0.05, 0.1) is 13.7 Å². The lowest BCUT2D eigenvalue weighted by Gasteiger charge is -2.29. The summed E-state index contributed by atoms with van der Waals surface area (Å²) in [5.74, 6) is -0.534. The van der Waals surface area contributed by atoms with Gasteiger partial charge < -0.3 is 15.2 Å². The van der Waals surface area contributed by atoms with Gasteiger partial charge in [0.1, 0.15) is 11.8 Å². The molecule has 1 atom stereocenters. The highest BCUT2D eigenvalue weighted by molar-refractivity contribution is 5.95. The van der Waals surface area contributed by atoms with E-state index in [2.05, 4.69) is 5.32 Å². The summed E-state index contributed by atoms with van der Waals surface area (Å²) in [5.41, 5.74) is 1.39. The van der Waals surface area contributed by atoms with Gasteiger partial charge in [-0.25, -0.2) is 0 Å². The second kappa shape index (κ2) is 9.58. The van der Waals surface area contributed by atoms with Gasteiger partial charge in [0, 0.05) is 5.69 Å². The van der Waals surface area contributed by atoms with E-state index in [1.165, 1.54) is 0 Å². The monoisotopic (exact) mass is 356 g/mol. The van der Waals surface area contributed by atoms with Gasteiger partial charge in [-0.3, -0.25) is 14.5 Å². The Balaban J connectivity index is 2.28. The molecule has 0 saturated carbocycles. The van der Waals surface area contributed by atoms with Crippen LogP contribution in [0.1, 0.15) is 24.9 Å². The molecule has 2 aromatic rings. The summed E-state index contributed by atoms with van der Waals surface area (Å²) < 4.78 is 5.12. The second-order valence-electron chi connectivity index (χ2n) is 5.90. The van der Waals surface area contributed by atoms with Crippen LogP contribution in [-0.2, 0) is 9.59 Å². The fraction of sp³-hybridized carbons (Fsp3) is 0.300. The van der Waals surface area contributed by atoms with Crippen molar-refractivity contribution in [2.45, 2.75) is 19.4 Å². The van der Waals surface area contributed by atoms with Crippen molar-refractivity contribution < 1.29 is 19.4 Å². The number of methoxy groups -OCH3 is 1. The van der Waals surface area contributed by atoms with E-state index in [0.717, 1.165) is 12.0 Å². The van der Waals surface area contributed by atoms with E-state index in [0.29, 0.717) is 18.0 Å². The summed E-state index contributed by atoms with van der Waals surface area (Å²) >= 11 is 0. The van der Waals surface area contributed by atoms with Crippen molar-refractivity contribution in [2.24, 2.45) is 0 Å². The first-order valence-corrected chi connectivity index (χ1v) is 8.50. The standard InChI is InChI=1S/C20H24N2O4/c1-3-13-22(14-18(23)24)19(15-7-5-4-6-8-15)20(25)21-16-9-11-17(26-2)12-10-16/h4-12,19H,3,13-14H2,1-2H3,(H,21,25)(H,23,24). The van der Waals surface area contributed by atoms with Gasteiger partial charge in [0.15, 0.2) is 0 Å².